The summed E-state index contributed by atoms with van der Waals surface area (Å²) in [7, 11) is 1.94. The van der Waals surface area contributed by atoms with E-state index in [1.807, 2.05) is 25.6 Å². The molecular formula is C15H28N4O2. The van der Waals surface area contributed by atoms with Crippen LogP contribution in [0, 0.1) is 5.92 Å². The third-order valence-corrected chi connectivity index (χ3v) is 3.95. The van der Waals surface area contributed by atoms with Crippen LogP contribution in [0.3, 0.4) is 0 Å². The Bertz CT molecular complexity index is 470. The predicted molar refractivity (Wildman–Crippen MR) is 83.0 cm³/mol. The van der Waals surface area contributed by atoms with E-state index < -0.39 is 0 Å². The van der Waals surface area contributed by atoms with Gasteiger partial charge in [-0.3, -0.25) is 4.68 Å². The van der Waals surface area contributed by atoms with Crippen molar-refractivity contribution in [2.75, 3.05) is 6.61 Å². The van der Waals surface area contributed by atoms with E-state index in [-0.39, 0.29) is 24.6 Å². The molecule has 0 bridgehead atoms. The predicted octanol–water partition coefficient (Wildman–Crippen LogP) is 1.36. The molecule has 0 radical (unpaired) electrons. The number of hydrogen-bond acceptors (Lipinski definition) is 3. The van der Waals surface area contributed by atoms with Crippen LogP contribution in [0.1, 0.15) is 44.6 Å². The molecule has 0 saturated carbocycles. The van der Waals surface area contributed by atoms with Crippen molar-refractivity contribution in [1.29, 1.82) is 0 Å². The van der Waals surface area contributed by atoms with Gasteiger partial charge in [0.15, 0.2) is 0 Å². The Morgan fingerprint density at radius 3 is 2.52 bits per heavy atom. The molecule has 0 aliphatic heterocycles. The van der Waals surface area contributed by atoms with E-state index in [4.69, 9.17) is 5.11 Å². The SMILES string of the molecule is CCc1nn(C)c(CC)c1CNC(=O)NC(C)C(C)CO. The number of aliphatic hydroxyl groups excluding tert-OH is 1. The van der Waals surface area contributed by atoms with Gasteiger partial charge in [-0.1, -0.05) is 20.8 Å². The Morgan fingerprint density at radius 1 is 1.33 bits per heavy atom. The number of hydrogen-bond donors (Lipinski definition) is 3. The summed E-state index contributed by atoms with van der Waals surface area (Å²) < 4.78 is 1.89. The largest absolute Gasteiger partial charge is 0.396 e. The first-order valence-electron chi connectivity index (χ1n) is 7.63. The van der Waals surface area contributed by atoms with Crippen molar-refractivity contribution < 1.29 is 9.90 Å². The van der Waals surface area contributed by atoms with Gasteiger partial charge in [-0.05, 0) is 25.7 Å². The van der Waals surface area contributed by atoms with Gasteiger partial charge in [0, 0.05) is 37.5 Å². The van der Waals surface area contributed by atoms with E-state index in [2.05, 4.69) is 29.6 Å². The van der Waals surface area contributed by atoms with Gasteiger partial charge in [-0.25, -0.2) is 4.79 Å². The lowest BCUT2D eigenvalue weighted by molar-refractivity contribution is 0.200. The van der Waals surface area contributed by atoms with E-state index in [9.17, 15) is 4.79 Å². The number of aliphatic hydroxyl groups is 1. The van der Waals surface area contributed by atoms with Crippen LogP contribution in [0.4, 0.5) is 4.79 Å². The maximum absolute atomic E-state index is 11.9. The zero-order valence-corrected chi connectivity index (χ0v) is 13.7. The Morgan fingerprint density at radius 2 is 2.00 bits per heavy atom. The van der Waals surface area contributed by atoms with Crippen LogP contribution < -0.4 is 10.6 Å². The summed E-state index contributed by atoms with van der Waals surface area (Å²) in [6.07, 6.45) is 1.74. The molecule has 0 aromatic carbocycles. The van der Waals surface area contributed by atoms with E-state index in [0.29, 0.717) is 6.54 Å². The molecule has 6 nitrogen and oxygen atoms in total. The number of aryl methyl sites for hydroxylation is 2. The molecule has 1 heterocycles. The highest BCUT2D eigenvalue weighted by atomic mass is 16.3. The Hall–Kier alpha value is -1.56. The fraction of sp³-hybridized carbons (Fsp3) is 0.733. The summed E-state index contributed by atoms with van der Waals surface area (Å²) in [5.74, 6) is 0.0338. The summed E-state index contributed by atoms with van der Waals surface area (Å²) in [6, 6.07) is -0.282. The van der Waals surface area contributed by atoms with Crippen LogP contribution >= 0.6 is 0 Å². The zero-order valence-electron chi connectivity index (χ0n) is 13.7. The van der Waals surface area contributed by atoms with Crippen molar-refractivity contribution in [2.45, 2.75) is 53.1 Å². The molecule has 6 heteroatoms. The molecule has 2 atom stereocenters. The van der Waals surface area contributed by atoms with Crippen LogP contribution in [-0.2, 0) is 26.4 Å². The number of carbonyl (C=O) groups is 1. The van der Waals surface area contributed by atoms with Crippen LogP contribution in [0.15, 0.2) is 0 Å². The molecule has 120 valence electrons. The van der Waals surface area contributed by atoms with Crippen molar-refractivity contribution in [1.82, 2.24) is 20.4 Å². The molecule has 0 aliphatic carbocycles. The summed E-state index contributed by atoms with van der Waals surface area (Å²) in [5, 5.41) is 19.3. The molecule has 21 heavy (non-hydrogen) atoms. The first kappa shape index (κ1) is 17.5. The second-order valence-electron chi connectivity index (χ2n) is 5.48. The first-order chi connectivity index (χ1) is 9.94. The average Bonchev–Trinajstić information content (AvgIpc) is 2.78. The molecular weight excluding hydrogens is 268 g/mol. The highest BCUT2D eigenvalue weighted by molar-refractivity contribution is 5.74. The normalized spacial score (nSPS) is 13.8. The molecule has 0 aliphatic rings. The van der Waals surface area contributed by atoms with Crippen LogP contribution in [0.5, 0.6) is 0 Å². The molecule has 1 aromatic heterocycles. The zero-order chi connectivity index (χ0) is 16.0. The molecule has 3 N–H and O–H groups in total. The minimum atomic E-state index is -0.212. The number of amides is 2. The fourth-order valence-electron chi connectivity index (χ4n) is 2.32. The summed E-state index contributed by atoms with van der Waals surface area (Å²) >= 11 is 0. The summed E-state index contributed by atoms with van der Waals surface area (Å²) in [5.41, 5.74) is 3.30. The maximum atomic E-state index is 11.9. The highest BCUT2D eigenvalue weighted by Gasteiger charge is 2.16. The third-order valence-electron chi connectivity index (χ3n) is 3.95. The van der Waals surface area contributed by atoms with Crippen LogP contribution in [0.2, 0.25) is 0 Å². The number of nitrogens with one attached hydrogen (secondary N) is 2. The van der Waals surface area contributed by atoms with E-state index in [1.165, 1.54) is 0 Å². The van der Waals surface area contributed by atoms with Crippen molar-refractivity contribution in [3.8, 4) is 0 Å². The maximum Gasteiger partial charge on any atom is 0.315 e. The quantitative estimate of drug-likeness (QED) is 0.711. The van der Waals surface area contributed by atoms with E-state index >= 15 is 0 Å². The van der Waals surface area contributed by atoms with Crippen molar-refractivity contribution >= 4 is 6.03 Å². The average molecular weight is 296 g/mol. The second-order valence-corrected chi connectivity index (χ2v) is 5.48. The molecule has 1 rings (SSSR count). The highest BCUT2D eigenvalue weighted by Crippen LogP contribution is 2.15. The Balaban J connectivity index is 2.65. The van der Waals surface area contributed by atoms with Crippen LogP contribution in [-0.4, -0.2) is 33.6 Å². The van der Waals surface area contributed by atoms with Gasteiger partial charge in [0.05, 0.1) is 5.69 Å². The summed E-state index contributed by atoms with van der Waals surface area (Å²) in [4.78, 5) is 11.9. The molecule has 2 unspecified atom stereocenters. The fourth-order valence-corrected chi connectivity index (χ4v) is 2.32. The van der Waals surface area contributed by atoms with Gasteiger partial charge in [0.1, 0.15) is 0 Å². The smallest absolute Gasteiger partial charge is 0.315 e. The number of urea groups is 1. The van der Waals surface area contributed by atoms with Crippen molar-refractivity contribution in [3.63, 3.8) is 0 Å². The second kappa shape index (κ2) is 8.02. The lowest BCUT2D eigenvalue weighted by Crippen LogP contribution is -2.44. The van der Waals surface area contributed by atoms with Gasteiger partial charge in [-0.15, -0.1) is 0 Å². The summed E-state index contributed by atoms with van der Waals surface area (Å²) in [6.45, 7) is 8.48. The van der Waals surface area contributed by atoms with E-state index in [0.717, 1.165) is 29.8 Å². The van der Waals surface area contributed by atoms with Crippen molar-refractivity contribution in [3.05, 3.63) is 17.0 Å². The Labute approximate surface area is 126 Å². The van der Waals surface area contributed by atoms with Gasteiger partial charge in [-0.2, -0.15) is 5.10 Å². The number of rotatable bonds is 7. The monoisotopic (exact) mass is 296 g/mol. The van der Waals surface area contributed by atoms with E-state index in [1.54, 1.807) is 0 Å². The lowest BCUT2D eigenvalue weighted by atomic mass is 10.1. The lowest BCUT2D eigenvalue weighted by Gasteiger charge is -2.19. The number of carbonyl (C=O) groups excluding carboxylic acids is 1. The molecule has 0 saturated heterocycles. The minimum absolute atomic E-state index is 0.0338. The number of nitrogens with zero attached hydrogens (tertiary/aromatic N) is 2. The molecule has 2 amide bonds. The van der Waals surface area contributed by atoms with Gasteiger partial charge < -0.3 is 15.7 Å². The van der Waals surface area contributed by atoms with Gasteiger partial charge >= 0.3 is 6.03 Å². The molecule has 0 spiro atoms. The topological polar surface area (TPSA) is 79.2 Å². The van der Waals surface area contributed by atoms with Crippen LogP contribution in [0.25, 0.3) is 0 Å². The third kappa shape index (κ3) is 4.46. The molecule has 0 fully saturated rings. The van der Waals surface area contributed by atoms with Gasteiger partial charge in [0.25, 0.3) is 0 Å². The standard InChI is InChI=1S/C15H28N4O2/c1-6-13-12(14(7-2)19(5)18-13)8-16-15(21)17-11(4)10(3)9-20/h10-11,20H,6-9H2,1-5H3,(H2,16,17,21). The first-order valence-corrected chi connectivity index (χ1v) is 7.63. The Kier molecular flexibility index (Phi) is 6.68. The molecule has 1 aromatic rings. The number of aromatic nitrogens is 2. The minimum Gasteiger partial charge on any atom is -0.396 e. The van der Waals surface area contributed by atoms with Gasteiger partial charge in [0.2, 0.25) is 0 Å². The van der Waals surface area contributed by atoms with Crippen molar-refractivity contribution in [2.24, 2.45) is 13.0 Å².